The number of hydrogen-bond acceptors (Lipinski definition) is 3. The Bertz CT molecular complexity index is 716. The Hall–Kier alpha value is -2.33. The van der Waals surface area contributed by atoms with Gasteiger partial charge in [0.1, 0.15) is 0 Å². The van der Waals surface area contributed by atoms with Crippen LogP contribution < -0.4 is 0 Å². The zero-order valence-corrected chi connectivity index (χ0v) is 16.5. The molecule has 2 rings (SSSR count). The Labute approximate surface area is 166 Å². The van der Waals surface area contributed by atoms with Crippen LogP contribution in [0, 0.1) is 0 Å². The molecular weight excluding hydrogens is 362 g/mol. The first-order chi connectivity index (χ1) is 13.1. The van der Waals surface area contributed by atoms with Crippen molar-refractivity contribution in [1.29, 1.82) is 0 Å². The molecule has 0 radical (unpaired) electrons. The van der Waals surface area contributed by atoms with Crippen LogP contribution in [0.4, 0.5) is 0 Å². The Morgan fingerprint density at radius 2 is 1.67 bits per heavy atom. The van der Waals surface area contributed by atoms with E-state index in [1.165, 1.54) is 0 Å². The molecule has 0 aromatic heterocycles. The second-order valence-corrected chi connectivity index (χ2v) is 6.77. The minimum Gasteiger partial charge on any atom is -0.466 e. The van der Waals surface area contributed by atoms with Crippen molar-refractivity contribution in [3.05, 3.63) is 70.7 Å². The molecule has 0 saturated heterocycles. The lowest BCUT2D eigenvalue weighted by atomic mass is 10.1. The van der Waals surface area contributed by atoms with E-state index in [2.05, 4.69) is 0 Å². The van der Waals surface area contributed by atoms with E-state index >= 15 is 0 Å². The lowest BCUT2D eigenvalue weighted by molar-refractivity contribution is -0.144. The monoisotopic (exact) mass is 387 g/mol. The lowest BCUT2D eigenvalue weighted by Crippen LogP contribution is -2.32. The molecule has 0 aliphatic heterocycles. The average molecular weight is 388 g/mol. The minimum atomic E-state index is -0.274. The topological polar surface area (TPSA) is 46.6 Å². The van der Waals surface area contributed by atoms with E-state index in [1.807, 2.05) is 54.6 Å². The number of benzene rings is 2. The number of esters is 1. The molecule has 0 heterocycles. The predicted molar refractivity (Wildman–Crippen MR) is 107 cm³/mol. The number of aryl methyl sites for hydroxylation is 1. The molecule has 0 aliphatic rings. The second kappa shape index (κ2) is 11.4. The van der Waals surface area contributed by atoms with Gasteiger partial charge in [-0.05, 0) is 43.0 Å². The third-order valence-corrected chi connectivity index (χ3v) is 4.48. The van der Waals surface area contributed by atoms with Gasteiger partial charge in [0, 0.05) is 24.5 Å². The molecule has 2 aromatic carbocycles. The average Bonchev–Trinajstić information content (AvgIpc) is 2.67. The Morgan fingerprint density at radius 3 is 2.33 bits per heavy atom. The van der Waals surface area contributed by atoms with Crippen molar-refractivity contribution >= 4 is 23.5 Å². The number of nitrogens with zero attached hydrogens (tertiary/aromatic N) is 1. The van der Waals surface area contributed by atoms with Crippen LogP contribution in [0.5, 0.6) is 0 Å². The molecule has 0 bridgehead atoms. The number of halogens is 1. The van der Waals surface area contributed by atoms with Crippen molar-refractivity contribution in [3.63, 3.8) is 0 Å². The number of amides is 1. The van der Waals surface area contributed by atoms with Gasteiger partial charge in [-0.1, -0.05) is 54.1 Å². The van der Waals surface area contributed by atoms with Gasteiger partial charge in [0.05, 0.1) is 13.0 Å². The first-order valence-corrected chi connectivity index (χ1v) is 9.68. The molecule has 0 unspecified atom stereocenters. The molecule has 144 valence electrons. The largest absolute Gasteiger partial charge is 0.466 e. The van der Waals surface area contributed by atoms with Crippen LogP contribution in [0.1, 0.15) is 37.3 Å². The van der Waals surface area contributed by atoms with Crippen molar-refractivity contribution in [2.45, 2.75) is 39.2 Å². The first kappa shape index (κ1) is 21.0. The maximum Gasteiger partial charge on any atom is 0.307 e. The van der Waals surface area contributed by atoms with Gasteiger partial charge in [-0.25, -0.2) is 0 Å². The van der Waals surface area contributed by atoms with E-state index in [-0.39, 0.29) is 18.3 Å². The smallest absolute Gasteiger partial charge is 0.307 e. The van der Waals surface area contributed by atoms with Crippen LogP contribution in [-0.4, -0.2) is 29.9 Å². The molecule has 0 fully saturated rings. The summed E-state index contributed by atoms with van der Waals surface area (Å²) in [5, 5.41) is 0.711. The highest BCUT2D eigenvalue weighted by atomic mass is 35.5. The van der Waals surface area contributed by atoms with Gasteiger partial charge < -0.3 is 9.64 Å². The summed E-state index contributed by atoms with van der Waals surface area (Å²) in [6.45, 7) is 3.00. The van der Waals surface area contributed by atoms with Crippen molar-refractivity contribution in [2.75, 3.05) is 13.2 Å². The zero-order chi connectivity index (χ0) is 19.5. The summed E-state index contributed by atoms with van der Waals surface area (Å²) in [5.74, 6) is -0.221. The van der Waals surface area contributed by atoms with E-state index in [0.717, 1.165) is 24.0 Å². The van der Waals surface area contributed by atoms with Crippen molar-refractivity contribution in [2.24, 2.45) is 0 Å². The SMILES string of the molecule is CCOC(=O)CCN(Cc1ccccc1)C(=O)CCCc1ccc(Cl)cc1. The fourth-order valence-corrected chi connectivity index (χ4v) is 2.93. The molecule has 0 spiro atoms. The van der Waals surface area contributed by atoms with Crippen LogP contribution in [0.3, 0.4) is 0 Å². The van der Waals surface area contributed by atoms with Crippen LogP contribution in [0.2, 0.25) is 5.02 Å². The fraction of sp³-hybridized carbons (Fsp3) is 0.364. The molecular formula is C22H26ClNO3. The molecule has 4 nitrogen and oxygen atoms in total. The van der Waals surface area contributed by atoms with E-state index < -0.39 is 0 Å². The van der Waals surface area contributed by atoms with E-state index in [1.54, 1.807) is 11.8 Å². The summed E-state index contributed by atoms with van der Waals surface area (Å²) >= 11 is 5.90. The van der Waals surface area contributed by atoms with Crippen molar-refractivity contribution in [1.82, 2.24) is 4.90 Å². The van der Waals surface area contributed by atoms with Crippen LogP contribution in [0.15, 0.2) is 54.6 Å². The van der Waals surface area contributed by atoms with Crippen LogP contribution in [-0.2, 0) is 27.3 Å². The molecule has 0 saturated carbocycles. The summed E-state index contributed by atoms with van der Waals surface area (Å²) < 4.78 is 4.98. The lowest BCUT2D eigenvalue weighted by Gasteiger charge is -2.22. The molecule has 2 aromatic rings. The minimum absolute atomic E-state index is 0.0529. The van der Waals surface area contributed by atoms with Crippen molar-refractivity contribution in [3.8, 4) is 0 Å². The van der Waals surface area contributed by atoms with Gasteiger partial charge in [-0.15, -0.1) is 0 Å². The third-order valence-electron chi connectivity index (χ3n) is 4.23. The highest BCUT2D eigenvalue weighted by Crippen LogP contribution is 2.13. The van der Waals surface area contributed by atoms with Crippen LogP contribution >= 0.6 is 11.6 Å². The number of carbonyl (C=O) groups excluding carboxylic acids is 2. The van der Waals surface area contributed by atoms with Gasteiger partial charge in [0.2, 0.25) is 5.91 Å². The van der Waals surface area contributed by atoms with Crippen molar-refractivity contribution < 1.29 is 14.3 Å². The predicted octanol–water partition coefficient (Wildman–Crippen LogP) is 4.64. The standard InChI is InChI=1S/C22H26ClNO3/c1-2-27-22(26)15-16-24(17-19-7-4-3-5-8-19)21(25)10-6-9-18-11-13-20(23)14-12-18/h3-5,7-8,11-14H,2,6,9-10,15-17H2,1H3. The summed E-state index contributed by atoms with van der Waals surface area (Å²) in [5.41, 5.74) is 2.21. The van der Waals surface area contributed by atoms with Crippen LogP contribution in [0.25, 0.3) is 0 Å². The first-order valence-electron chi connectivity index (χ1n) is 9.30. The number of rotatable bonds is 10. The van der Waals surface area contributed by atoms with E-state index in [9.17, 15) is 9.59 Å². The maximum atomic E-state index is 12.7. The second-order valence-electron chi connectivity index (χ2n) is 6.34. The Balaban J connectivity index is 1.90. The number of ether oxygens (including phenoxy) is 1. The molecule has 0 aliphatic carbocycles. The number of hydrogen-bond donors (Lipinski definition) is 0. The third kappa shape index (κ3) is 7.83. The normalized spacial score (nSPS) is 10.4. The fourth-order valence-electron chi connectivity index (χ4n) is 2.81. The van der Waals surface area contributed by atoms with Gasteiger partial charge in [0.25, 0.3) is 0 Å². The summed E-state index contributed by atoms with van der Waals surface area (Å²) in [7, 11) is 0. The van der Waals surface area contributed by atoms with E-state index in [0.29, 0.717) is 31.1 Å². The highest BCUT2D eigenvalue weighted by molar-refractivity contribution is 6.30. The Morgan fingerprint density at radius 1 is 0.963 bits per heavy atom. The summed E-state index contributed by atoms with van der Waals surface area (Å²) in [6, 6.07) is 17.5. The summed E-state index contributed by atoms with van der Waals surface area (Å²) in [6.07, 6.45) is 2.23. The summed E-state index contributed by atoms with van der Waals surface area (Å²) in [4.78, 5) is 26.1. The quantitative estimate of drug-likeness (QED) is 0.558. The maximum absolute atomic E-state index is 12.7. The molecule has 1 amide bonds. The molecule has 0 atom stereocenters. The van der Waals surface area contributed by atoms with Gasteiger partial charge in [-0.2, -0.15) is 0 Å². The number of carbonyl (C=O) groups is 2. The van der Waals surface area contributed by atoms with E-state index in [4.69, 9.17) is 16.3 Å². The van der Waals surface area contributed by atoms with Gasteiger partial charge in [0.15, 0.2) is 0 Å². The highest BCUT2D eigenvalue weighted by Gasteiger charge is 2.16. The molecule has 27 heavy (non-hydrogen) atoms. The Kier molecular flexibility index (Phi) is 8.85. The van der Waals surface area contributed by atoms with Gasteiger partial charge in [-0.3, -0.25) is 9.59 Å². The molecule has 5 heteroatoms. The zero-order valence-electron chi connectivity index (χ0n) is 15.7. The van der Waals surface area contributed by atoms with Gasteiger partial charge >= 0.3 is 5.97 Å². The molecule has 0 N–H and O–H groups in total.